The minimum absolute atomic E-state index is 0.383. The van der Waals surface area contributed by atoms with Gasteiger partial charge in [-0.3, -0.25) is 0 Å². The van der Waals surface area contributed by atoms with Crippen LogP contribution < -0.4 is 9.80 Å². The molecule has 0 saturated carbocycles. The van der Waals surface area contributed by atoms with Crippen molar-refractivity contribution in [2.75, 3.05) is 9.80 Å². The molecule has 26 heavy (non-hydrogen) atoms. The summed E-state index contributed by atoms with van der Waals surface area (Å²) in [6, 6.07) is 15.5. The summed E-state index contributed by atoms with van der Waals surface area (Å²) in [6.45, 7) is 0. The Morgan fingerprint density at radius 2 is 0.923 bits per heavy atom. The van der Waals surface area contributed by atoms with E-state index in [0.717, 1.165) is 9.80 Å². The number of carbonyl (C=O) groups excluding carboxylic acids is 2. The first-order valence-corrected chi connectivity index (χ1v) is 8.86. The van der Waals surface area contributed by atoms with Gasteiger partial charge in [0.2, 0.25) is 0 Å². The first-order chi connectivity index (χ1) is 12.3. The first-order valence-electron chi connectivity index (χ1n) is 7.43. The number of anilines is 2. The quantitative estimate of drug-likeness (QED) is 0.383. The van der Waals surface area contributed by atoms with Crippen LogP contribution in [0.15, 0.2) is 60.7 Å². The Balaban J connectivity index is 1.95. The smallest absolute Gasteiger partial charge is 0.250 e. The Bertz CT molecular complexity index is 813. The largest absolute Gasteiger partial charge is 0.345 e. The summed E-state index contributed by atoms with van der Waals surface area (Å²) in [4.78, 5) is 27.9. The maximum Gasteiger partial charge on any atom is 0.345 e. The molecule has 0 aromatic heterocycles. The molecule has 2 unspecified atom stereocenters. The van der Waals surface area contributed by atoms with E-state index in [2.05, 4.69) is 0 Å². The van der Waals surface area contributed by atoms with E-state index in [0.29, 0.717) is 20.2 Å². The van der Waals surface area contributed by atoms with Crippen molar-refractivity contribution in [2.24, 2.45) is 0 Å². The Kier molecular flexibility index (Phi) is 3.93. The minimum Gasteiger partial charge on any atom is -0.250 e. The average molecular weight is 432 g/mol. The van der Waals surface area contributed by atoms with Crippen LogP contribution in [0.2, 0.25) is 0 Å². The predicted molar refractivity (Wildman–Crippen MR) is 101 cm³/mol. The average Bonchev–Trinajstić information content (AvgIpc) is 2.91. The normalized spacial score (nSPS) is 28.2. The summed E-state index contributed by atoms with van der Waals surface area (Å²) in [5, 5.41) is -3.99. The van der Waals surface area contributed by atoms with Gasteiger partial charge in [0.25, 0.3) is 10.2 Å². The Morgan fingerprint density at radius 3 is 1.23 bits per heavy atom. The molecule has 2 heterocycles. The fourth-order valence-electron chi connectivity index (χ4n) is 3.11. The Labute approximate surface area is 169 Å². The van der Waals surface area contributed by atoms with Crippen LogP contribution in [-0.4, -0.2) is 31.1 Å². The number of para-hydroxylation sites is 2. The lowest BCUT2D eigenvalue weighted by atomic mass is 10.2. The van der Waals surface area contributed by atoms with Crippen molar-refractivity contribution < 1.29 is 9.59 Å². The summed E-state index contributed by atoms with van der Waals surface area (Å²) < 4.78 is 1.36. The van der Waals surface area contributed by atoms with Gasteiger partial charge in [0.05, 0.1) is 0 Å². The second-order valence-corrected chi connectivity index (χ2v) is 7.37. The van der Waals surface area contributed by atoms with Gasteiger partial charge < -0.3 is 0 Å². The third kappa shape index (κ3) is 1.96. The molecule has 134 valence electrons. The van der Waals surface area contributed by atoms with Crippen molar-refractivity contribution >= 4 is 70.2 Å². The molecule has 4 amide bonds. The third-order valence-electron chi connectivity index (χ3n) is 4.26. The van der Waals surface area contributed by atoms with Crippen molar-refractivity contribution in [1.29, 1.82) is 0 Å². The fourth-order valence-corrected chi connectivity index (χ4v) is 4.56. The van der Waals surface area contributed by atoms with Crippen molar-refractivity contribution in [3.8, 4) is 0 Å². The van der Waals surface area contributed by atoms with Crippen molar-refractivity contribution in [2.45, 2.75) is 10.2 Å². The van der Waals surface area contributed by atoms with Crippen LogP contribution in [0.1, 0.15) is 0 Å². The molecular weight excluding hydrogens is 422 g/mol. The number of nitrogens with zero attached hydrogens (tertiary/aromatic N) is 4. The van der Waals surface area contributed by atoms with Crippen LogP contribution in [0.3, 0.4) is 0 Å². The van der Waals surface area contributed by atoms with E-state index in [1.807, 2.05) is 0 Å². The zero-order chi connectivity index (χ0) is 18.7. The molecule has 2 aliphatic rings. The number of urea groups is 2. The number of rotatable bonds is 2. The van der Waals surface area contributed by atoms with E-state index in [1.54, 1.807) is 60.7 Å². The number of alkyl halides is 2. The minimum atomic E-state index is -2.00. The predicted octanol–water partition coefficient (Wildman–Crippen LogP) is 4.96. The van der Waals surface area contributed by atoms with Gasteiger partial charge in [-0.1, -0.05) is 59.6 Å². The highest BCUT2D eigenvalue weighted by atomic mass is 35.5. The summed E-state index contributed by atoms with van der Waals surface area (Å²) in [5.41, 5.74) is 0.767. The summed E-state index contributed by atoms with van der Waals surface area (Å²) in [6.07, 6.45) is 0. The number of hydrogen-bond acceptors (Lipinski definition) is 2. The lowest BCUT2D eigenvalue weighted by molar-refractivity contribution is 0.227. The summed E-state index contributed by atoms with van der Waals surface area (Å²) in [7, 11) is 0. The summed E-state index contributed by atoms with van der Waals surface area (Å²) in [5.74, 6) is 0. The van der Waals surface area contributed by atoms with Gasteiger partial charge in [0.1, 0.15) is 0 Å². The molecule has 2 saturated heterocycles. The lowest BCUT2D eigenvalue weighted by Crippen LogP contribution is -2.59. The number of hydrogen-bond donors (Lipinski definition) is 0. The molecule has 2 fully saturated rings. The first kappa shape index (κ1) is 17.5. The topological polar surface area (TPSA) is 47.1 Å². The van der Waals surface area contributed by atoms with Crippen LogP contribution in [0.25, 0.3) is 0 Å². The van der Waals surface area contributed by atoms with E-state index >= 15 is 0 Å². The van der Waals surface area contributed by atoms with Crippen LogP contribution in [0.5, 0.6) is 0 Å². The number of benzene rings is 2. The standard InChI is InChI=1S/C16H10Cl4N4O2/c17-15-16(18,22(14(26)24(15)20)12-9-5-2-6-10-12)23(19)13(25)21(15)11-7-3-1-4-8-11/h1-10H. The molecule has 6 nitrogen and oxygen atoms in total. The SMILES string of the molecule is O=C1N(Cl)C2(Cl)N(c3ccccc3)C(=O)N(Cl)C2(Cl)N1c1ccccc1. The highest BCUT2D eigenvalue weighted by molar-refractivity contribution is 6.50. The molecule has 0 spiro atoms. The van der Waals surface area contributed by atoms with Crippen molar-refractivity contribution in [3.05, 3.63) is 60.7 Å². The number of halogens is 4. The van der Waals surface area contributed by atoms with E-state index in [1.165, 1.54) is 0 Å². The zero-order valence-electron chi connectivity index (χ0n) is 12.9. The monoisotopic (exact) mass is 430 g/mol. The number of amides is 4. The van der Waals surface area contributed by atoms with Gasteiger partial charge in [-0.15, -0.1) is 0 Å². The Morgan fingerprint density at radius 1 is 0.615 bits per heavy atom. The molecule has 0 aliphatic carbocycles. The van der Waals surface area contributed by atoms with Gasteiger partial charge >= 0.3 is 12.1 Å². The molecule has 0 radical (unpaired) electrons. The summed E-state index contributed by atoms with van der Waals surface area (Å²) >= 11 is 26.1. The third-order valence-corrected chi connectivity index (χ3v) is 6.52. The van der Waals surface area contributed by atoms with Gasteiger partial charge in [0, 0.05) is 34.9 Å². The number of fused-ring (bicyclic) bond motifs is 1. The van der Waals surface area contributed by atoms with Crippen molar-refractivity contribution in [3.63, 3.8) is 0 Å². The molecule has 2 aliphatic heterocycles. The molecule has 0 bridgehead atoms. The maximum atomic E-state index is 12.9. The zero-order valence-corrected chi connectivity index (χ0v) is 15.9. The lowest BCUT2D eigenvalue weighted by Gasteiger charge is -2.37. The molecule has 2 aromatic carbocycles. The van der Waals surface area contributed by atoms with Crippen LogP contribution in [0.4, 0.5) is 21.0 Å². The van der Waals surface area contributed by atoms with Crippen LogP contribution >= 0.6 is 46.8 Å². The van der Waals surface area contributed by atoms with Gasteiger partial charge in [-0.05, 0) is 24.3 Å². The van der Waals surface area contributed by atoms with Crippen molar-refractivity contribution in [1.82, 2.24) is 8.84 Å². The second-order valence-electron chi connectivity index (χ2n) is 5.64. The van der Waals surface area contributed by atoms with E-state index in [-0.39, 0.29) is 0 Å². The maximum absolute atomic E-state index is 12.9. The molecule has 10 heteroatoms. The molecule has 2 aromatic rings. The van der Waals surface area contributed by atoms with Crippen LogP contribution in [-0.2, 0) is 0 Å². The fraction of sp³-hybridized carbons (Fsp3) is 0.125. The highest BCUT2D eigenvalue weighted by Crippen LogP contribution is 2.59. The van der Waals surface area contributed by atoms with E-state index in [9.17, 15) is 9.59 Å². The molecule has 0 N–H and O–H groups in total. The van der Waals surface area contributed by atoms with Gasteiger partial charge in [-0.2, -0.15) is 8.84 Å². The molecule has 2 atom stereocenters. The van der Waals surface area contributed by atoms with E-state index < -0.39 is 22.3 Å². The van der Waals surface area contributed by atoms with Gasteiger partial charge in [0.15, 0.2) is 0 Å². The second kappa shape index (κ2) is 5.82. The highest BCUT2D eigenvalue weighted by Gasteiger charge is 2.80. The van der Waals surface area contributed by atoms with Crippen LogP contribution in [0, 0.1) is 0 Å². The number of carbonyl (C=O) groups is 2. The van der Waals surface area contributed by atoms with Gasteiger partial charge in [-0.25, -0.2) is 19.4 Å². The molecular formula is C16H10Cl4N4O2. The molecule has 4 rings (SSSR count). The van der Waals surface area contributed by atoms with E-state index in [4.69, 9.17) is 46.8 Å². The Hall–Kier alpha value is -1.86.